The molecular weight excluding hydrogens is 226 g/mol. The lowest BCUT2D eigenvalue weighted by Gasteiger charge is -2.25. The molecule has 0 aliphatic heterocycles. The summed E-state index contributed by atoms with van der Waals surface area (Å²) in [5.41, 5.74) is 0.0388. The molecule has 0 aromatic carbocycles. The van der Waals surface area contributed by atoms with E-state index in [0.717, 1.165) is 0 Å². The average Bonchev–Trinajstić information content (AvgIpc) is 2.52. The van der Waals surface area contributed by atoms with Gasteiger partial charge in [0.25, 0.3) is 0 Å². The highest BCUT2D eigenvalue weighted by Crippen LogP contribution is 2.27. The monoisotopic (exact) mass is 241 g/mol. The maximum absolute atomic E-state index is 11.8. The number of hydrogen-bond donors (Lipinski definition) is 2. The highest BCUT2D eigenvalue weighted by atomic mass is 32.1. The van der Waals surface area contributed by atoms with E-state index in [4.69, 9.17) is 5.11 Å². The highest BCUT2D eigenvalue weighted by Gasteiger charge is 2.37. The van der Waals surface area contributed by atoms with Gasteiger partial charge in [0.2, 0.25) is 5.91 Å². The van der Waals surface area contributed by atoms with E-state index in [0.29, 0.717) is 5.69 Å². The summed E-state index contributed by atoms with van der Waals surface area (Å²) in [7, 11) is 0. The Hall–Kier alpha value is -1.36. The van der Waals surface area contributed by atoms with Crippen LogP contribution < -0.4 is 5.32 Å². The van der Waals surface area contributed by atoms with E-state index >= 15 is 0 Å². The predicted octanol–water partition coefficient (Wildman–Crippen LogP) is 2.43. The number of amides is 1. The Morgan fingerprint density at radius 1 is 1.44 bits per heavy atom. The molecule has 2 N–H and O–H groups in total. The van der Waals surface area contributed by atoms with Crippen molar-refractivity contribution in [3.63, 3.8) is 0 Å². The fraction of sp³-hybridized carbons (Fsp3) is 0.455. The first-order valence-corrected chi connectivity index (χ1v) is 5.82. The van der Waals surface area contributed by atoms with Crippen LogP contribution in [0.2, 0.25) is 0 Å². The molecule has 5 heteroatoms. The first kappa shape index (κ1) is 12.7. The van der Waals surface area contributed by atoms with Crippen molar-refractivity contribution in [3.8, 4) is 0 Å². The van der Waals surface area contributed by atoms with E-state index in [1.165, 1.54) is 11.3 Å². The summed E-state index contributed by atoms with van der Waals surface area (Å²) in [5, 5.41) is 15.2. The molecule has 1 aromatic heterocycles. The number of aliphatic carboxylic acids is 1. The molecule has 0 aliphatic carbocycles. The molecule has 1 heterocycles. The average molecular weight is 241 g/mol. The summed E-state index contributed by atoms with van der Waals surface area (Å²) in [6.45, 7) is 5.21. The molecule has 1 aromatic rings. The molecule has 0 radical (unpaired) electrons. The van der Waals surface area contributed by atoms with Crippen molar-refractivity contribution in [1.82, 2.24) is 0 Å². The molecule has 0 saturated carbocycles. The topological polar surface area (TPSA) is 66.4 Å². The Bertz CT molecular complexity index is 378. The van der Waals surface area contributed by atoms with Crippen molar-refractivity contribution in [2.24, 2.45) is 11.3 Å². The Morgan fingerprint density at radius 2 is 2.06 bits per heavy atom. The van der Waals surface area contributed by atoms with Gasteiger partial charge in [0, 0.05) is 5.38 Å². The minimum absolute atomic E-state index is 0.474. The number of carboxylic acid groups (broad SMARTS) is 1. The second kappa shape index (κ2) is 4.65. The fourth-order valence-electron chi connectivity index (χ4n) is 1.43. The summed E-state index contributed by atoms with van der Waals surface area (Å²) in [4.78, 5) is 22.9. The van der Waals surface area contributed by atoms with Crippen molar-refractivity contribution in [2.75, 3.05) is 5.32 Å². The van der Waals surface area contributed by atoms with Crippen LogP contribution >= 0.6 is 11.3 Å². The number of nitrogens with one attached hydrogen (secondary N) is 1. The van der Waals surface area contributed by atoms with Crippen molar-refractivity contribution < 1.29 is 14.7 Å². The number of rotatable bonds is 3. The van der Waals surface area contributed by atoms with Gasteiger partial charge in [-0.25, -0.2) is 0 Å². The van der Waals surface area contributed by atoms with Crippen molar-refractivity contribution in [2.45, 2.75) is 20.8 Å². The molecular formula is C11H15NO3S. The molecule has 88 valence electrons. The second-order valence-corrected chi connectivity index (χ2v) is 5.42. The summed E-state index contributed by atoms with van der Waals surface area (Å²) < 4.78 is 0. The third-order valence-electron chi connectivity index (χ3n) is 2.16. The molecule has 0 bridgehead atoms. The largest absolute Gasteiger partial charge is 0.481 e. The number of hydrogen-bond acceptors (Lipinski definition) is 3. The molecule has 1 amide bonds. The Kier molecular flexibility index (Phi) is 3.70. The molecule has 1 unspecified atom stereocenters. The maximum atomic E-state index is 11.8. The van der Waals surface area contributed by atoms with Gasteiger partial charge in [0.05, 0.1) is 5.69 Å². The van der Waals surface area contributed by atoms with Crippen molar-refractivity contribution >= 4 is 28.9 Å². The standard InChI is InChI=1S/C11H15NO3S/c1-11(2,3)8(10(14)15)9(13)12-7-4-5-16-6-7/h4-6,8H,1-3H3,(H,12,13)(H,14,15). The van der Waals surface area contributed by atoms with Crippen molar-refractivity contribution in [1.29, 1.82) is 0 Å². The van der Waals surface area contributed by atoms with Crippen LogP contribution in [0.25, 0.3) is 0 Å². The molecule has 1 atom stereocenters. The fourth-order valence-corrected chi connectivity index (χ4v) is 2.01. The van der Waals surface area contributed by atoms with E-state index in [2.05, 4.69) is 5.32 Å². The van der Waals surface area contributed by atoms with Crippen LogP contribution in [0.3, 0.4) is 0 Å². The van der Waals surface area contributed by atoms with Crippen LogP contribution in [0, 0.1) is 11.3 Å². The van der Waals surface area contributed by atoms with E-state index in [1.54, 1.807) is 32.2 Å². The highest BCUT2D eigenvalue weighted by molar-refractivity contribution is 7.08. The van der Waals surface area contributed by atoms with E-state index < -0.39 is 23.2 Å². The minimum atomic E-state index is -1.10. The number of anilines is 1. The minimum Gasteiger partial charge on any atom is -0.481 e. The normalized spacial score (nSPS) is 13.2. The van der Waals surface area contributed by atoms with Gasteiger partial charge in [-0.3, -0.25) is 9.59 Å². The molecule has 0 fully saturated rings. The smallest absolute Gasteiger partial charge is 0.316 e. The van der Waals surface area contributed by atoms with Crippen LogP contribution in [0.5, 0.6) is 0 Å². The maximum Gasteiger partial charge on any atom is 0.316 e. The van der Waals surface area contributed by atoms with Crippen LogP contribution in [0.1, 0.15) is 20.8 Å². The molecule has 1 rings (SSSR count). The molecule has 4 nitrogen and oxygen atoms in total. The second-order valence-electron chi connectivity index (χ2n) is 4.64. The van der Waals surface area contributed by atoms with Crippen LogP contribution in [0.4, 0.5) is 5.69 Å². The van der Waals surface area contributed by atoms with E-state index in [1.807, 2.05) is 5.38 Å². The zero-order chi connectivity index (χ0) is 12.3. The Balaban J connectivity index is 2.81. The van der Waals surface area contributed by atoms with E-state index in [-0.39, 0.29) is 0 Å². The summed E-state index contributed by atoms with van der Waals surface area (Å²) >= 11 is 1.45. The van der Waals surface area contributed by atoms with Gasteiger partial charge in [-0.1, -0.05) is 20.8 Å². The number of carbonyl (C=O) groups excluding carboxylic acids is 1. The number of thiophene rings is 1. The lowest BCUT2D eigenvalue weighted by molar-refractivity contribution is -0.149. The summed E-state index contributed by atoms with van der Waals surface area (Å²) in [6.07, 6.45) is 0. The molecule has 0 spiro atoms. The Morgan fingerprint density at radius 3 is 2.44 bits per heavy atom. The molecule has 16 heavy (non-hydrogen) atoms. The van der Waals surface area contributed by atoms with Crippen molar-refractivity contribution in [3.05, 3.63) is 16.8 Å². The van der Waals surface area contributed by atoms with Gasteiger partial charge >= 0.3 is 5.97 Å². The first-order chi connectivity index (χ1) is 7.32. The van der Waals surface area contributed by atoms with Gasteiger partial charge in [0.15, 0.2) is 0 Å². The van der Waals surface area contributed by atoms with Gasteiger partial charge in [-0.15, -0.1) is 0 Å². The van der Waals surface area contributed by atoms with Gasteiger partial charge < -0.3 is 10.4 Å². The summed E-state index contributed by atoms with van der Waals surface area (Å²) in [5.74, 6) is -2.62. The first-order valence-electron chi connectivity index (χ1n) is 4.88. The third-order valence-corrected chi connectivity index (χ3v) is 2.85. The zero-order valence-electron chi connectivity index (χ0n) is 9.48. The predicted molar refractivity (Wildman–Crippen MR) is 63.5 cm³/mol. The Labute approximate surface area is 98.3 Å². The quantitative estimate of drug-likeness (QED) is 0.799. The lowest BCUT2D eigenvalue weighted by atomic mass is 9.80. The number of carboxylic acids is 1. The lowest BCUT2D eigenvalue weighted by Crippen LogP contribution is -2.39. The van der Waals surface area contributed by atoms with Crippen LogP contribution in [0.15, 0.2) is 16.8 Å². The third kappa shape index (κ3) is 3.06. The SMILES string of the molecule is CC(C)(C)C(C(=O)O)C(=O)Nc1ccsc1. The zero-order valence-corrected chi connectivity index (χ0v) is 10.3. The van der Waals surface area contributed by atoms with Gasteiger partial charge in [-0.05, 0) is 16.9 Å². The van der Waals surface area contributed by atoms with E-state index in [9.17, 15) is 9.59 Å². The van der Waals surface area contributed by atoms with Crippen LogP contribution in [-0.4, -0.2) is 17.0 Å². The van der Waals surface area contributed by atoms with Crippen LogP contribution in [-0.2, 0) is 9.59 Å². The number of carbonyl (C=O) groups is 2. The van der Waals surface area contributed by atoms with Gasteiger partial charge in [-0.2, -0.15) is 11.3 Å². The summed E-state index contributed by atoms with van der Waals surface area (Å²) in [6, 6.07) is 1.74. The van der Waals surface area contributed by atoms with Gasteiger partial charge in [0.1, 0.15) is 5.92 Å². The molecule has 0 saturated heterocycles. The molecule has 0 aliphatic rings.